The predicted molar refractivity (Wildman–Crippen MR) is 55.0 cm³/mol. The standard InChI is InChI=1S/C12H7F2NO/c13-9-4-3-8(7-16)10(6-9)12-11(14)2-1-5-15-12/h1-7H. The zero-order valence-electron chi connectivity index (χ0n) is 8.15. The Morgan fingerprint density at radius 3 is 2.69 bits per heavy atom. The molecule has 0 saturated carbocycles. The molecule has 0 spiro atoms. The summed E-state index contributed by atoms with van der Waals surface area (Å²) in [6.07, 6.45) is 1.93. The maximum atomic E-state index is 13.4. The minimum atomic E-state index is -0.587. The Hall–Kier alpha value is -2.10. The fourth-order valence-corrected chi connectivity index (χ4v) is 1.42. The summed E-state index contributed by atoms with van der Waals surface area (Å²) in [4.78, 5) is 14.5. The van der Waals surface area contributed by atoms with E-state index < -0.39 is 11.6 Å². The van der Waals surface area contributed by atoms with Crippen molar-refractivity contribution in [3.05, 3.63) is 53.7 Å². The van der Waals surface area contributed by atoms with Gasteiger partial charge in [-0.3, -0.25) is 9.78 Å². The first-order valence-electron chi connectivity index (χ1n) is 4.58. The summed E-state index contributed by atoms with van der Waals surface area (Å²) in [6.45, 7) is 0. The van der Waals surface area contributed by atoms with Gasteiger partial charge in [0.1, 0.15) is 17.3 Å². The number of halogens is 2. The van der Waals surface area contributed by atoms with Gasteiger partial charge in [-0.05, 0) is 30.3 Å². The maximum Gasteiger partial charge on any atom is 0.150 e. The average molecular weight is 219 g/mol. The molecule has 0 radical (unpaired) electrons. The Labute approximate surface area is 90.6 Å². The first-order chi connectivity index (χ1) is 7.72. The third-order valence-electron chi connectivity index (χ3n) is 2.16. The van der Waals surface area contributed by atoms with Crippen LogP contribution in [0.2, 0.25) is 0 Å². The van der Waals surface area contributed by atoms with Crippen molar-refractivity contribution in [2.45, 2.75) is 0 Å². The molecule has 0 aliphatic heterocycles. The Morgan fingerprint density at radius 2 is 2.00 bits per heavy atom. The molecule has 0 aliphatic rings. The van der Waals surface area contributed by atoms with Gasteiger partial charge in [0.25, 0.3) is 0 Å². The van der Waals surface area contributed by atoms with Crippen molar-refractivity contribution < 1.29 is 13.6 Å². The molecule has 0 aliphatic carbocycles. The highest BCUT2D eigenvalue weighted by Gasteiger charge is 2.11. The Balaban J connectivity index is 2.67. The van der Waals surface area contributed by atoms with Crippen LogP contribution in [0.3, 0.4) is 0 Å². The summed E-state index contributed by atoms with van der Waals surface area (Å²) in [6, 6.07) is 6.18. The van der Waals surface area contributed by atoms with Crippen molar-refractivity contribution in [1.82, 2.24) is 4.98 Å². The average Bonchev–Trinajstić information content (AvgIpc) is 2.29. The highest BCUT2D eigenvalue weighted by atomic mass is 19.1. The van der Waals surface area contributed by atoms with Gasteiger partial charge < -0.3 is 0 Å². The molecule has 0 N–H and O–H groups in total. The van der Waals surface area contributed by atoms with Crippen LogP contribution in [-0.4, -0.2) is 11.3 Å². The lowest BCUT2D eigenvalue weighted by Gasteiger charge is -2.04. The van der Waals surface area contributed by atoms with E-state index in [1.807, 2.05) is 0 Å². The van der Waals surface area contributed by atoms with Crippen LogP contribution in [0.4, 0.5) is 8.78 Å². The van der Waals surface area contributed by atoms with Gasteiger partial charge in [0.05, 0.1) is 0 Å². The molecule has 2 nitrogen and oxygen atoms in total. The second-order valence-electron chi connectivity index (χ2n) is 3.18. The quantitative estimate of drug-likeness (QED) is 0.727. The van der Waals surface area contributed by atoms with Crippen LogP contribution in [0.15, 0.2) is 36.5 Å². The maximum absolute atomic E-state index is 13.4. The number of aromatic nitrogens is 1. The lowest BCUT2D eigenvalue weighted by molar-refractivity contribution is 0.112. The van der Waals surface area contributed by atoms with Crippen molar-refractivity contribution in [3.63, 3.8) is 0 Å². The molecule has 0 saturated heterocycles. The van der Waals surface area contributed by atoms with E-state index in [9.17, 15) is 13.6 Å². The monoisotopic (exact) mass is 219 g/mol. The summed E-state index contributed by atoms with van der Waals surface area (Å²) >= 11 is 0. The van der Waals surface area contributed by atoms with Crippen molar-refractivity contribution in [3.8, 4) is 11.3 Å². The molecular weight excluding hydrogens is 212 g/mol. The van der Waals surface area contributed by atoms with E-state index in [-0.39, 0.29) is 16.8 Å². The lowest BCUT2D eigenvalue weighted by Crippen LogP contribution is -1.94. The van der Waals surface area contributed by atoms with Gasteiger partial charge in [0.15, 0.2) is 6.29 Å². The smallest absolute Gasteiger partial charge is 0.150 e. The van der Waals surface area contributed by atoms with Gasteiger partial charge in [0.2, 0.25) is 0 Å². The fourth-order valence-electron chi connectivity index (χ4n) is 1.42. The molecule has 4 heteroatoms. The molecule has 0 amide bonds. The van der Waals surface area contributed by atoms with Gasteiger partial charge in [-0.2, -0.15) is 0 Å². The summed E-state index contributed by atoms with van der Waals surface area (Å²) in [5.74, 6) is -1.12. The minimum absolute atomic E-state index is 0.0240. The molecule has 80 valence electrons. The van der Waals surface area contributed by atoms with Crippen molar-refractivity contribution in [2.24, 2.45) is 0 Å². The van der Waals surface area contributed by atoms with Gasteiger partial charge >= 0.3 is 0 Å². The van der Waals surface area contributed by atoms with E-state index in [1.54, 1.807) is 0 Å². The van der Waals surface area contributed by atoms with Crippen LogP contribution in [-0.2, 0) is 0 Å². The number of rotatable bonds is 2. The predicted octanol–water partition coefficient (Wildman–Crippen LogP) is 2.84. The zero-order chi connectivity index (χ0) is 11.5. The van der Waals surface area contributed by atoms with Crippen LogP contribution in [0.25, 0.3) is 11.3 Å². The van der Waals surface area contributed by atoms with Crippen molar-refractivity contribution >= 4 is 6.29 Å². The van der Waals surface area contributed by atoms with Crippen LogP contribution in [0.1, 0.15) is 10.4 Å². The highest BCUT2D eigenvalue weighted by molar-refractivity contribution is 5.86. The van der Waals surface area contributed by atoms with E-state index in [1.165, 1.54) is 24.4 Å². The van der Waals surface area contributed by atoms with Crippen LogP contribution >= 0.6 is 0 Å². The number of aldehydes is 1. The van der Waals surface area contributed by atoms with Crippen molar-refractivity contribution in [2.75, 3.05) is 0 Å². The molecule has 2 rings (SSSR count). The van der Waals surface area contributed by atoms with Gasteiger partial charge in [-0.1, -0.05) is 0 Å². The van der Waals surface area contributed by atoms with E-state index in [2.05, 4.69) is 4.98 Å². The van der Waals surface area contributed by atoms with Crippen LogP contribution in [0, 0.1) is 11.6 Å². The highest BCUT2D eigenvalue weighted by Crippen LogP contribution is 2.23. The number of hydrogen-bond donors (Lipinski definition) is 0. The topological polar surface area (TPSA) is 30.0 Å². The third-order valence-corrected chi connectivity index (χ3v) is 2.16. The number of nitrogens with zero attached hydrogens (tertiary/aromatic N) is 1. The minimum Gasteiger partial charge on any atom is -0.298 e. The normalized spacial score (nSPS) is 10.1. The second kappa shape index (κ2) is 4.18. The van der Waals surface area contributed by atoms with Crippen LogP contribution in [0.5, 0.6) is 0 Å². The third kappa shape index (κ3) is 1.82. The summed E-state index contributed by atoms with van der Waals surface area (Å²) in [5.41, 5.74) is 0.344. The van der Waals surface area contributed by atoms with E-state index in [0.717, 1.165) is 12.1 Å². The second-order valence-corrected chi connectivity index (χ2v) is 3.18. The van der Waals surface area contributed by atoms with Crippen LogP contribution < -0.4 is 0 Å². The number of hydrogen-bond acceptors (Lipinski definition) is 2. The first-order valence-corrected chi connectivity index (χ1v) is 4.58. The Kier molecular flexibility index (Phi) is 2.72. The van der Waals surface area contributed by atoms with Crippen molar-refractivity contribution in [1.29, 1.82) is 0 Å². The SMILES string of the molecule is O=Cc1ccc(F)cc1-c1ncccc1F. The first kappa shape index (κ1) is 10.4. The molecule has 0 bridgehead atoms. The molecule has 1 aromatic carbocycles. The molecule has 16 heavy (non-hydrogen) atoms. The van der Waals surface area contributed by atoms with E-state index >= 15 is 0 Å². The number of carbonyl (C=O) groups is 1. The molecule has 0 atom stereocenters. The van der Waals surface area contributed by atoms with Gasteiger partial charge in [-0.25, -0.2) is 8.78 Å². The largest absolute Gasteiger partial charge is 0.298 e. The van der Waals surface area contributed by atoms with Gasteiger partial charge in [-0.15, -0.1) is 0 Å². The summed E-state index contributed by atoms with van der Waals surface area (Å²) in [7, 11) is 0. The molecule has 1 aromatic heterocycles. The van der Waals surface area contributed by atoms with Gasteiger partial charge in [0, 0.05) is 17.3 Å². The molecule has 1 heterocycles. The fraction of sp³-hybridized carbons (Fsp3) is 0. The van der Waals surface area contributed by atoms with E-state index in [0.29, 0.717) is 6.29 Å². The molecule has 0 fully saturated rings. The number of pyridine rings is 1. The molecule has 2 aromatic rings. The summed E-state index contributed by atoms with van der Waals surface area (Å²) in [5, 5.41) is 0. The van der Waals surface area contributed by atoms with E-state index in [4.69, 9.17) is 0 Å². The Bertz CT molecular complexity index is 540. The Morgan fingerprint density at radius 1 is 1.19 bits per heavy atom. The zero-order valence-corrected chi connectivity index (χ0v) is 8.15. The molecular formula is C12H7F2NO. The molecule has 0 unspecified atom stereocenters. The lowest BCUT2D eigenvalue weighted by atomic mass is 10.0. The summed E-state index contributed by atoms with van der Waals surface area (Å²) < 4.78 is 26.5. The number of benzene rings is 1. The number of carbonyl (C=O) groups excluding carboxylic acids is 1.